The molecule has 1 saturated heterocycles. The molecular weight excluding hydrogens is 366 g/mol. The molecule has 1 aliphatic rings. The Kier molecular flexibility index (Phi) is 6.84. The van der Waals surface area contributed by atoms with Crippen LogP contribution in [0, 0.1) is 18.4 Å². The first-order chi connectivity index (χ1) is 12.8. The van der Waals surface area contributed by atoms with Gasteiger partial charge >= 0.3 is 6.09 Å². The molecule has 1 fully saturated rings. The standard InChI is InChI=1S/C22H35N3O2Si/c1-17-19(8-13-28(5,6)7)14-18(15-20(17)23)16-24-9-11-25(12-10-24)21(26)27-22(2,3)4/h14-15H,9-12,16,23H2,1-7H3. The number of nitrogens with two attached hydrogens (primary N) is 1. The summed E-state index contributed by atoms with van der Waals surface area (Å²) < 4.78 is 5.47. The van der Waals surface area contributed by atoms with E-state index in [9.17, 15) is 4.79 Å². The maximum atomic E-state index is 12.2. The number of piperazine rings is 1. The Morgan fingerprint density at radius 1 is 1.18 bits per heavy atom. The molecule has 6 heteroatoms. The Hall–Kier alpha value is -1.97. The Morgan fingerprint density at radius 2 is 1.79 bits per heavy atom. The third kappa shape index (κ3) is 6.88. The van der Waals surface area contributed by atoms with E-state index in [1.54, 1.807) is 4.90 Å². The minimum Gasteiger partial charge on any atom is -0.444 e. The van der Waals surface area contributed by atoms with Gasteiger partial charge in [0.05, 0.1) is 0 Å². The summed E-state index contributed by atoms with van der Waals surface area (Å²) in [7, 11) is -1.44. The molecule has 1 aromatic rings. The Labute approximate surface area is 171 Å². The topological polar surface area (TPSA) is 58.8 Å². The largest absolute Gasteiger partial charge is 0.444 e. The fourth-order valence-electron chi connectivity index (χ4n) is 2.95. The fourth-order valence-corrected chi connectivity index (χ4v) is 3.46. The van der Waals surface area contributed by atoms with Crippen molar-refractivity contribution in [1.29, 1.82) is 0 Å². The van der Waals surface area contributed by atoms with Crippen molar-refractivity contribution in [2.24, 2.45) is 0 Å². The number of rotatable bonds is 2. The van der Waals surface area contributed by atoms with E-state index in [1.807, 2.05) is 27.7 Å². The van der Waals surface area contributed by atoms with Crippen molar-refractivity contribution in [3.8, 4) is 11.5 Å². The zero-order chi connectivity index (χ0) is 21.1. The number of carbonyl (C=O) groups excluding carboxylic acids is 1. The Balaban J connectivity index is 2.02. The van der Waals surface area contributed by atoms with E-state index in [2.05, 4.69) is 48.1 Å². The van der Waals surface area contributed by atoms with Crippen LogP contribution >= 0.6 is 0 Å². The molecule has 154 valence electrons. The first-order valence-electron chi connectivity index (χ1n) is 9.96. The van der Waals surface area contributed by atoms with Crippen molar-refractivity contribution >= 4 is 19.9 Å². The van der Waals surface area contributed by atoms with Crippen molar-refractivity contribution in [3.63, 3.8) is 0 Å². The zero-order valence-electron chi connectivity index (χ0n) is 18.5. The Morgan fingerprint density at radius 3 is 2.32 bits per heavy atom. The molecule has 0 spiro atoms. The van der Waals surface area contributed by atoms with Gasteiger partial charge in [-0.3, -0.25) is 4.90 Å². The van der Waals surface area contributed by atoms with Gasteiger partial charge in [-0.1, -0.05) is 25.6 Å². The maximum absolute atomic E-state index is 12.2. The molecule has 0 aliphatic carbocycles. The summed E-state index contributed by atoms with van der Waals surface area (Å²) in [5.74, 6) is 3.36. The molecule has 0 saturated carbocycles. The van der Waals surface area contributed by atoms with Crippen LogP contribution in [0.4, 0.5) is 10.5 Å². The predicted molar refractivity (Wildman–Crippen MR) is 119 cm³/mol. The third-order valence-electron chi connectivity index (χ3n) is 4.51. The van der Waals surface area contributed by atoms with Gasteiger partial charge in [0.25, 0.3) is 0 Å². The number of nitrogen functional groups attached to an aromatic ring is 1. The molecular formula is C22H35N3O2Si. The Bertz CT molecular complexity index is 774. The van der Waals surface area contributed by atoms with E-state index in [0.29, 0.717) is 13.1 Å². The van der Waals surface area contributed by atoms with Gasteiger partial charge in [0, 0.05) is 44.0 Å². The van der Waals surface area contributed by atoms with E-state index in [-0.39, 0.29) is 6.09 Å². The van der Waals surface area contributed by atoms with Crippen LogP contribution in [0.2, 0.25) is 19.6 Å². The van der Waals surface area contributed by atoms with Gasteiger partial charge in [0.15, 0.2) is 0 Å². The highest BCUT2D eigenvalue weighted by molar-refractivity contribution is 6.83. The minimum absolute atomic E-state index is 0.226. The van der Waals surface area contributed by atoms with Crippen molar-refractivity contribution in [3.05, 3.63) is 28.8 Å². The molecule has 0 bridgehead atoms. The molecule has 0 aromatic heterocycles. The van der Waals surface area contributed by atoms with Gasteiger partial charge in [-0.15, -0.1) is 5.54 Å². The molecule has 0 radical (unpaired) electrons. The molecule has 2 N–H and O–H groups in total. The fraction of sp³-hybridized carbons (Fsp3) is 0.591. The number of carbonyl (C=O) groups is 1. The normalized spacial score (nSPS) is 15.8. The van der Waals surface area contributed by atoms with Crippen molar-refractivity contribution in [2.75, 3.05) is 31.9 Å². The van der Waals surface area contributed by atoms with Crippen LogP contribution in [0.3, 0.4) is 0 Å². The van der Waals surface area contributed by atoms with Crippen molar-refractivity contribution < 1.29 is 9.53 Å². The highest BCUT2D eigenvalue weighted by Gasteiger charge is 2.25. The van der Waals surface area contributed by atoms with Gasteiger partial charge < -0.3 is 15.4 Å². The van der Waals surface area contributed by atoms with Crippen LogP contribution in [-0.2, 0) is 11.3 Å². The van der Waals surface area contributed by atoms with Gasteiger partial charge in [0.1, 0.15) is 13.7 Å². The van der Waals surface area contributed by atoms with Crippen LogP contribution in [0.5, 0.6) is 0 Å². The van der Waals surface area contributed by atoms with E-state index in [0.717, 1.165) is 36.4 Å². The average Bonchev–Trinajstić information content (AvgIpc) is 2.55. The van der Waals surface area contributed by atoms with Crippen molar-refractivity contribution in [2.45, 2.75) is 59.5 Å². The van der Waals surface area contributed by atoms with Gasteiger partial charge in [-0.05, 0) is 51.0 Å². The average molecular weight is 402 g/mol. The number of benzene rings is 1. The highest BCUT2D eigenvalue weighted by atomic mass is 28.3. The highest BCUT2D eigenvalue weighted by Crippen LogP contribution is 2.21. The number of anilines is 1. The van der Waals surface area contributed by atoms with Gasteiger partial charge in [0.2, 0.25) is 0 Å². The lowest BCUT2D eigenvalue weighted by molar-refractivity contribution is 0.0139. The van der Waals surface area contributed by atoms with Crippen LogP contribution in [-0.4, -0.2) is 55.7 Å². The molecule has 1 aliphatic heterocycles. The number of hydrogen-bond donors (Lipinski definition) is 1. The summed E-state index contributed by atoms with van der Waals surface area (Å²) >= 11 is 0. The number of amides is 1. The van der Waals surface area contributed by atoms with E-state index < -0.39 is 13.7 Å². The zero-order valence-corrected chi connectivity index (χ0v) is 19.5. The van der Waals surface area contributed by atoms with Crippen LogP contribution < -0.4 is 5.73 Å². The smallest absolute Gasteiger partial charge is 0.410 e. The summed E-state index contributed by atoms with van der Waals surface area (Å²) in [6.07, 6.45) is -0.226. The summed E-state index contributed by atoms with van der Waals surface area (Å²) in [4.78, 5) is 16.4. The number of nitrogens with zero attached hydrogens (tertiary/aromatic N) is 2. The van der Waals surface area contributed by atoms with E-state index in [4.69, 9.17) is 10.5 Å². The third-order valence-corrected chi connectivity index (χ3v) is 5.38. The van der Waals surface area contributed by atoms with E-state index in [1.165, 1.54) is 5.56 Å². The molecule has 28 heavy (non-hydrogen) atoms. The SMILES string of the molecule is Cc1c(N)cc(CN2CCN(C(=O)OC(C)(C)C)CC2)cc1C#C[Si](C)(C)C. The number of hydrogen-bond acceptors (Lipinski definition) is 4. The van der Waals surface area contributed by atoms with Crippen LogP contribution in [0.25, 0.3) is 0 Å². The second-order valence-corrected chi connectivity index (χ2v) is 14.4. The quantitative estimate of drug-likeness (QED) is 0.464. The molecule has 0 atom stereocenters. The van der Waals surface area contributed by atoms with Crippen LogP contribution in [0.1, 0.15) is 37.5 Å². The predicted octanol–water partition coefficient (Wildman–Crippen LogP) is 3.86. The number of ether oxygens (including phenoxy) is 1. The maximum Gasteiger partial charge on any atom is 0.410 e. The lowest BCUT2D eigenvalue weighted by atomic mass is 10.0. The molecule has 1 amide bonds. The molecule has 1 aromatic carbocycles. The molecule has 1 heterocycles. The lowest BCUT2D eigenvalue weighted by Crippen LogP contribution is -2.49. The second-order valence-electron chi connectivity index (χ2n) is 9.60. The van der Waals surface area contributed by atoms with Crippen molar-refractivity contribution in [1.82, 2.24) is 9.80 Å². The first-order valence-corrected chi connectivity index (χ1v) is 13.5. The summed E-state index contributed by atoms with van der Waals surface area (Å²) in [6.45, 7) is 18.3. The summed E-state index contributed by atoms with van der Waals surface area (Å²) in [5, 5.41) is 0. The van der Waals surface area contributed by atoms with Crippen LogP contribution in [0.15, 0.2) is 12.1 Å². The lowest BCUT2D eigenvalue weighted by Gasteiger charge is -2.35. The second kappa shape index (κ2) is 8.58. The van der Waals surface area contributed by atoms with Gasteiger partial charge in [-0.25, -0.2) is 4.79 Å². The molecule has 2 rings (SSSR count). The van der Waals surface area contributed by atoms with E-state index >= 15 is 0 Å². The van der Waals surface area contributed by atoms with Gasteiger partial charge in [-0.2, -0.15) is 0 Å². The summed E-state index contributed by atoms with van der Waals surface area (Å²) in [6, 6.07) is 4.22. The monoisotopic (exact) mass is 401 g/mol. The molecule has 5 nitrogen and oxygen atoms in total. The molecule has 0 unspecified atom stereocenters. The first kappa shape index (κ1) is 22.3. The summed E-state index contributed by atoms with van der Waals surface area (Å²) in [5.41, 5.74) is 13.3. The minimum atomic E-state index is -1.44.